The van der Waals surface area contributed by atoms with Crippen LogP contribution < -0.4 is 0 Å². The van der Waals surface area contributed by atoms with Crippen LogP contribution in [0.2, 0.25) is 5.02 Å². The van der Waals surface area contributed by atoms with Gasteiger partial charge in [-0.05, 0) is 41.1 Å². The molecule has 1 aliphatic heterocycles. The molecule has 0 aliphatic carbocycles. The third-order valence-electron chi connectivity index (χ3n) is 3.46. The van der Waals surface area contributed by atoms with Gasteiger partial charge in [0.05, 0.1) is 11.6 Å². The summed E-state index contributed by atoms with van der Waals surface area (Å²) in [5.74, 6) is 0. The van der Waals surface area contributed by atoms with Crippen LogP contribution in [0.4, 0.5) is 0 Å². The zero-order chi connectivity index (χ0) is 13.2. The number of fused-ring (bicyclic) bond motifs is 1. The van der Waals surface area contributed by atoms with Crippen LogP contribution in [-0.4, -0.2) is 11.4 Å². The molecule has 4 heteroatoms. The van der Waals surface area contributed by atoms with E-state index in [1.807, 2.05) is 23.5 Å². The molecule has 1 aliphatic rings. The van der Waals surface area contributed by atoms with E-state index in [1.165, 1.54) is 10.4 Å². The predicted molar refractivity (Wildman–Crippen MR) is 78.3 cm³/mol. The van der Waals surface area contributed by atoms with Crippen molar-refractivity contribution in [2.24, 2.45) is 0 Å². The molecule has 2 aromatic rings. The maximum atomic E-state index is 8.84. The fourth-order valence-corrected chi connectivity index (χ4v) is 3.56. The van der Waals surface area contributed by atoms with Crippen molar-refractivity contribution in [3.8, 4) is 6.07 Å². The van der Waals surface area contributed by atoms with Gasteiger partial charge >= 0.3 is 0 Å². The summed E-state index contributed by atoms with van der Waals surface area (Å²) in [5, 5.41) is 11.7. The third kappa shape index (κ3) is 2.66. The van der Waals surface area contributed by atoms with Gasteiger partial charge in [-0.1, -0.05) is 17.7 Å². The number of hydrogen-bond acceptors (Lipinski definition) is 3. The average molecular weight is 289 g/mol. The molecular formula is C15H13ClN2S. The second-order valence-electron chi connectivity index (χ2n) is 4.75. The molecule has 0 spiro atoms. The van der Waals surface area contributed by atoms with Gasteiger partial charge in [-0.25, -0.2) is 0 Å². The molecule has 2 heterocycles. The van der Waals surface area contributed by atoms with Crippen molar-refractivity contribution in [2.75, 3.05) is 6.54 Å². The van der Waals surface area contributed by atoms with Gasteiger partial charge in [0, 0.05) is 29.5 Å². The van der Waals surface area contributed by atoms with Crippen LogP contribution >= 0.6 is 22.9 Å². The van der Waals surface area contributed by atoms with Crippen molar-refractivity contribution < 1.29 is 0 Å². The summed E-state index contributed by atoms with van der Waals surface area (Å²) >= 11 is 8.08. The molecule has 0 radical (unpaired) electrons. The Morgan fingerprint density at radius 2 is 2.26 bits per heavy atom. The SMILES string of the molecule is N#Cc1ccc(CN2CCc3sccc3C2)c(Cl)c1. The van der Waals surface area contributed by atoms with Gasteiger partial charge in [-0.2, -0.15) is 5.26 Å². The van der Waals surface area contributed by atoms with E-state index >= 15 is 0 Å². The number of rotatable bonds is 2. The minimum absolute atomic E-state index is 0.618. The Morgan fingerprint density at radius 1 is 1.37 bits per heavy atom. The summed E-state index contributed by atoms with van der Waals surface area (Å²) < 4.78 is 0. The Kier molecular flexibility index (Phi) is 3.56. The van der Waals surface area contributed by atoms with Gasteiger partial charge in [0.1, 0.15) is 0 Å². The highest BCUT2D eigenvalue weighted by Crippen LogP contribution is 2.26. The zero-order valence-electron chi connectivity index (χ0n) is 10.4. The molecule has 0 bridgehead atoms. The van der Waals surface area contributed by atoms with Crippen LogP contribution in [0.15, 0.2) is 29.6 Å². The van der Waals surface area contributed by atoms with Crippen LogP contribution in [0.1, 0.15) is 21.6 Å². The molecule has 2 nitrogen and oxygen atoms in total. The molecule has 0 atom stereocenters. The van der Waals surface area contributed by atoms with Crippen LogP contribution in [0.5, 0.6) is 0 Å². The van der Waals surface area contributed by atoms with Crippen LogP contribution in [0.25, 0.3) is 0 Å². The normalized spacial score (nSPS) is 14.9. The topological polar surface area (TPSA) is 27.0 Å². The lowest BCUT2D eigenvalue weighted by atomic mass is 10.1. The smallest absolute Gasteiger partial charge is 0.0992 e. The lowest BCUT2D eigenvalue weighted by molar-refractivity contribution is 0.247. The molecule has 0 amide bonds. The number of hydrogen-bond donors (Lipinski definition) is 0. The van der Waals surface area contributed by atoms with E-state index in [-0.39, 0.29) is 0 Å². The standard InChI is InChI=1S/C15H13ClN2S/c16-14-7-11(8-17)1-2-12(14)9-18-5-3-15-13(10-18)4-6-19-15/h1-2,4,6-7H,3,5,9-10H2. The molecule has 1 aromatic carbocycles. The van der Waals surface area contributed by atoms with E-state index in [0.29, 0.717) is 10.6 Å². The van der Waals surface area contributed by atoms with Crippen molar-refractivity contribution in [1.29, 1.82) is 5.26 Å². The summed E-state index contributed by atoms with van der Waals surface area (Å²) in [6.45, 7) is 2.92. The third-order valence-corrected chi connectivity index (χ3v) is 4.84. The highest BCUT2D eigenvalue weighted by atomic mass is 35.5. The van der Waals surface area contributed by atoms with E-state index in [0.717, 1.165) is 31.6 Å². The Balaban J connectivity index is 1.75. The van der Waals surface area contributed by atoms with Crippen molar-refractivity contribution >= 4 is 22.9 Å². The summed E-state index contributed by atoms with van der Waals surface area (Å²) in [4.78, 5) is 3.92. The molecule has 19 heavy (non-hydrogen) atoms. The Labute approximate surface area is 121 Å². The highest BCUT2D eigenvalue weighted by molar-refractivity contribution is 7.10. The van der Waals surface area contributed by atoms with E-state index in [9.17, 15) is 0 Å². The minimum Gasteiger partial charge on any atom is -0.294 e. The van der Waals surface area contributed by atoms with Gasteiger partial charge in [0.2, 0.25) is 0 Å². The van der Waals surface area contributed by atoms with Gasteiger partial charge in [-0.15, -0.1) is 11.3 Å². The summed E-state index contributed by atoms with van der Waals surface area (Å²) in [5.41, 5.74) is 3.16. The zero-order valence-corrected chi connectivity index (χ0v) is 12.0. The van der Waals surface area contributed by atoms with Gasteiger partial charge in [-0.3, -0.25) is 4.90 Å². The molecule has 3 rings (SSSR count). The van der Waals surface area contributed by atoms with E-state index < -0.39 is 0 Å². The van der Waals surface area contributed by atoms with Gasteiger partial charge < -0.3 is 0 Å². The molecule has 96 valence electrons. The van der Waals surface area contributed by atoms with Crippen LogP contribution in [0.3, 0.4) is 0 Å². The predicted octanol–water partition coefficient (Wildman–Crippen LogP) is 3.83. The van der Waals surface area contributed by atoms with Crippen LogP contribution in [0, 0.1) is 11.3 Å². The van der Waals surface area contributed by atoms with E-state index in [4.69, 9.17) is 16.9 Å². The summed E-state index contributed by atoms with van der Waals surface area (Å²) in [7, 11) is 0. The Morgan fingerprint density at radius 3 is 3.05 bits per heavy atom. The summed E-state index contributed by atoms with van der Waals surface area (Å²) in [6.07, 6.45) is 1.13. The lowest BCUT2D eigenvalue weighted by Gasteiger charge is -2.27. The van der Waals surface area contributed by atoms with Crippen molar-refractivity contribution in [3.05, 3.63) is 56.2 Å². The average Bonchev–Trinajstić information content (AvgIpc) is 2.88. The van der Waals surface area contributed by atoms with Crippen LogP contribution in [-0.2, 0) is 19.5 Å². The number of thiophene rings is 1. The molecule has 0 N–H and O–H groups in total. The Bertz CT molecular complexity index is 642. The number of nitriles is 1. The lowest BCUT2D eigenvalue weighted by Crippen LogP contribution is -2.29. The molecular weight excluding hydrogens is 276 g/mol. The van der Waals surface area contributed by atoms with E-state index in [1.54, 1.807) is 6.07 Å². The van der Waals surface area contributed by atoms with Crippen molar-refractivity contribution in [3.63, 3.8) is 0 Å². The summed E-state index contributed by atoms with van der Waals surface area (Å²) in [6, 6.07) is 9.87. The second kappa shape index (κ2) is 5.34. The van der Waals surface area contributed by atoms with Crippen molar-refractivity contribution in [2.45, 2.75) is 19.5 Å². The first kappa shape index (κ1) is 12.7. The quantitative estimate of drug-likeness (QED) is 0.840. The highest BCUT2D eigenvalue weighted by Gasteiger charge is 2.17. The first-order valence-electron chi connectivity index (χ1n) is 6.22. The maximum Gasteiger partial charge on any atom is 0.0992 e. The molecule has 0 fully saturated rings. The fourth-order valence-electron chi connectivity index (χ4n) is 2.43. The van der Waals surface area contributed by atoms with Gasteiger partial charge in [0.25, 0.3) is 0 Å². The second-order valence-corrected chi connectivity index (χ2v) is 6.16. The number of halogens is 1. The maximum absolute atomic E-state index is 8.84. The number of benzene rings is 1. The first-order valence-corrected chi connectivity index (χ1v) is 7.48. The fraction of sp³-hybridized carbons (Fsp3) is 0.267. The Hall–Kier alpha value is -1.34. The van der Waals surface area contributed by atoms with Gasteiger partial charge in [0.15, 0.2) is 0 Å². The molecule has 0 unspecified atom stereocenters. The van der Waals surface area contributed by atoms with E-state index in [2.05, 4.69) is 22.4 Å². The molecule has 1 aromatic heterocycles. The molecule has 0 saturated carbocycles. The minimum atomic E-state index is 0.618. The number of nitrogens with zero attached hydrogens (tertiary/aromatic N) is 2. The largest absolute Gasteiger partial charge is 0.294 e. The monoisotopic (exact) mass is 288 g/mol. The molecule has 0 saturated heterocycles. The van der Waals surface area contributed by atoms with Crippen molar-refractivity contribution in [1.82, 2.24) is 4.90 Å². The first-order chi connectivity index (χ1) is 9.26.